The minimum absolute atomic E-state index is 0.558. The number of hydrogen-bond donors (Lipinski definition) is 3. The Morgan fingerprint density at radius 2 is 1.31 bits per heavy atom. The molecule has 0 aliphatic rings. The number of aliphatic carboxylic acids is 2. The number of sulfonamides is 1. The van der Waals surface area contributed by atoms with E-state index in [1.165, 1.54) is 0 Å². The highest BCUT2D eigenvalue weighted by Gasteiger charge is 1.88. The van der Waals surface area contributed by atoms with Crippen molar-refractivity contribution in [3.63, 3.8) is 0 Å². The molecule has 0 fully saturated rings. The van der Waals surface area contributed by atoms with Crippen LogP contribution in [-0.2, 0) is 19.6 Å². The molecule has 0 saturated carbocycles. The van der Waals surface area contributed by atoms with Gasteiger partial charge in [0.2, 0.25) is 10.0 Å². The molecule has 7 nitrogen and oxygen atoms in total. The van der Waals surface area contributed by atoms with Crippen LogP contribution in [0.2, 0.25) is 0 Å². The maximum Gasteiger partial charge on any atom is 0.328 e. The van der Waals surface area contributed by atoms with Crippen LogP contribution in [-0.4, -0.2) is 36.8 Å². The monoisotopic (exact) mass is 211 g/mol. The van der Waals surface area contributed by atoms with E-state index in [2.05, 4.69) is 5.14 Å². The van der Waals surface area contributed by atoms with Crippen LogP contribution in [0.4, 0.5) is 0 Å². The Bertz CT molecular complexity index is 279. The second-order valence-electron chi connectivity index (χ2n) is 1.84. The highest BCUT2D eigenvalue weighted by Crippen LogP contribution is 1.70. The average molecular weight is 211 g/mol. The molecule has 0 atom stereocenters. The lowest BCUT2D eigenvalue weighted by Gasteiger charge is -1.74. The molecule has 0 spiro atoms. The summed E-state index contributed by atoms with van der Waals surface area (Å²) < 4.78 is 18.8. The lowest BCUT2D eigenvalue weighted by molar-refractivity contribution is -0.134. The van der Waals surface area contributed by atoms with E-state index in [-0.39, 0.29) is 0 Å². The maximum absolute atomic E-state index is 9.55. The van der Waals surface area contributed by atoms with E-state index in [9.17, 15) is 18.0 Å². The zero-order chi connectivity index (χ0) is 11.1. The summed E-state index contributed by atoms with van der Waals surface area (Å²) in [5.41, 5.74) is 0. The van der Waals surface area contributed by atoms with E-state index in [0.717, 1.165) is 6.26 Å². The van der Waals surface area contributed by atoms with E-state index in [1.54, 1.807) is 0 Å². The molecule has 4 N–H and O–H groups in total. The molecule has 0 unspecified atom stereocenters. The topological polar surface area (TPSA) is 135 Å². The first kappa shape index (κ1) is 14.1. The lowest BCUT2D eigenvalue weighted by Crippen LogP contribution is -2.07. The van der Waals surface area contributed by atoms with Crippen LogP contribution < -0.4 is 5.14 Å². The highest BCUT2D eigenvalue weighted by molar-refractivity contribution is 7.88. The Hall–Kier alpha value is -1.41. The smallest absolute Gasteiger partial charge is 0.328 e. The van der Waals surface area contributed by atoms with Crippen LogP contribution in [0, 0.1) is 0 Å². The summed E-state index contributed by atoms with van der Waals surface area (Å²) in [6.45, 7) is 0. The van der Waals surface area contributed by atoms with Crippen molar-refractivity contribution in [2.75, 3.05) is 6.26 Å². The van der Waals surface area contributed by atoms with Gasteiger partial charge in [-0.05, 0) is 0 Å². The van der Waals surface area contributed by atoms with Crippen LogP contribution in [0.5, 0.6) is 0 Å². The molecule has 0 aromatic rings. The molecule has 8 heteroatoms. The number of nitrogens with two attached hydrogens (primary N) is 1. The Labute approximate surface area is 74.5 Å². The zero-order valence-electron chi connectivity index (χ0n) is 6.67. The fourth-order valence-electron chi connectivity index (χ4n) is 0.143. The molecule has 0 heterocycles. The quantitative estimate of drug-likeness (QED) is 0.481. The summed E-state index contributed by atoms with van der Waals surface area (Å²) in [5.74, 6) is -2.51. The SMILES string of the molecule is CS(N)(=O)=O.O=C(O)/C=C\C(=O)O. The van der Waals surface area contributed by atoms with Crippen LogP contribution in [0.1, 0.15) is 0 Å². The second-order valence-corrected chi connectivity index (χ2v) is 3.50. The molecule has 0 radical (unpaired) electrons. The predicted octanol–water partition coefficient (Wildman–Crippen LogP) is -1.38. The van der Waals surface area contributed by atoms with Gasteiger partial charge in [-0.15, -0.1) is 0 Å². The summed E-state index contributed by atoms with van der Waals surface area (Å²) in [7, 11) is -3.17. The van der Waals surface area contributed by atoms with Gasteiger partial charge in [0, 0.05) is 12.2 Å². The van der Waals surface area contributed by atoms with Gasteiger partial charge in [-0.3, -0.25) is 0 Å². The Morgan fingerprint density at radius 1 is 1.15 bits per heavy atom. The van der Waals surface area contributed by atoms with Gasteiger partial charge in [0.15, 0.2) is 0 Å². The van der Waals surface area contributed by atoms with Gasteiger partial charge >= 0.3 is 11.9 Å². The van der Waals surface area contributed by atoms with Crippen LogP contribution >= 0.6 is 0 Å². The van der Waals surface area contributed by atoms with Crippen molar-refractivity contribution >= 4 is 22.0 Å². The van der Waals surface area contributed by atoms with E-state index >= 15 is 0 Å². The minimum atomic E-state index is -3.17. The molecule has 76 valence electrons. The van der Waals surface area contributed by atoms with Crippen molar-refractivity contribution < 1.29 is 28.2 Å². The summed E-state index contributed by atoms with van der Waals surface area (Å²) in [6, 6.07) is 0. The summed E-state index contributed by atoms with van der Waals surface area (Å²) in [4.78, 5) is 19.1. The number of primary sulfonamides is 1. The van der Waals surface area contributed by atoms with Crippen molar-refractivity contribution in [1.29, 1.82) is 0 Å². The van der Waals surface area contributed by atoms with Gasteiger partial charge in [0.25, 0.3) is 0 Å². The first-order valence-electron chi connectivity index (χ1n) is 2.74. The standard InChI is InChI=1S/C4H4O4.CH5NO2S/c5-3(6)1-2-4(7)8;1-5(2,3)4/h1-2H,(H,5,6)(H,7,8);1H3,(H2,2,3,4)/b2-1-;. The molecule has 0 aliphatic carbocycles. The molecule has 0 aliphatic heterocycles. The van der Waals surface area contributed by atoms with Gasteiger partial charge in [-0.25, -0.2) is 23.1 Å². The molecule has 13 heavy (non-hydrogen) atoms. The van der Waals surface area contributed by atoms with Gasteiger partial charge in [0.05, 0.1) is 6.26 Å². The molecule has 0 bridgehead atoms. The Kier molecular flexibility index (Phi) is 6.68. The Balaban J connectivity index is 0. The third-order valence-electron chi connectivity index (χ3n) is 0.368. The third kappa shape index (κ3) is 60.6. The van der Waals surface area contributed by atoms with Gasteiger partial charge in [-0.1, -0.05) is 0 Å². The van der Waals surface area contributed by atoms with Gasteiger partial charge in [0.1, 0.15) is 0 Å². The predicted molar refractivity (Wildman–Crippen MR) is 43.4 cm³/mol. The van der Waals surface area contributed by atoms with Gasteiger partial charge < -0.3 is 10.2 Å². The largest absolute Gasteiger partial charge is 0.478 e. The normalized spacial score (nSPS) is 10.3. The highest BCUT2D eigenvalue weighted by atomic mass is 32.2. The van der Waals surface area contributed by atoms with E-state index in [1.807, 2.05) is 0 Å². The lowest BCUT2D eigenvalue weighted by atomic mass is 10.5. The maximum atomic E-state index is 9.55. The molecule has 0 aromatic carbocycles. The second kappa shape index (κ2) is 6.14. The van der Waals surface area contributed by atoms with Crippen LogP contribution in [0.3, 0.4) is 0 Å². The fourth-order valence-corrected chi connectivity index (χ4v) is 0.143. The van der Waals surface area contributed by atoms with Crippen molar-refractivity contribution in [2.45, 2.75) is 0 Å². The third-order valence-corrected chi connectivity index (χ3v) is 0.368. The summed E-state index contributed by atoms with van der Waals surface area (Å²) in [6.07, 6.45) is 2.05. The van der Waals surface area contributed by atoms with Crippen LogP contribution in [0.15, 0.2) is 12.2 Å². The average Bonchev–Trinajstić information content (AvgIpc) is 1.79. The fraction of sp³-hybridized carbons (Fsp3) is 0.200. The first-order chi connectivity index (χ1) is 5.63. The number of hydrogen-bond acceptors (Lipinski definition) is 4. The summed E-state index contributed by atoms with van der Waals surface area (Å²) >= 11 is 0. The van der Waals surface area contributed by atoms with E-state index in [0.29, 0.717) is 12.2 Å². The molecule has 0 amide bonds. The van der Waals surface area contributed by atoms with Crippen LogP contribution in [0.25, 0.3) is 0 Å². The van der Waals surface area contributed by atoms with Crippen molar-refractivity contribution in [2.24, 2.45) is 5.14 Å². The Morgan fingerprint density at radius 3 is 1.38 bits per heavy atom. The van der Waals surface area contributed by atoms with Gasteiger partial charge in [-0.2, -0.15) is 0 Å². The van der Waals surface area contributed by atoms with Crippen molar-refractivity contribution in [3.05, 3.63) is 12.2 Å². The minimum Gasteiger partial charge on any atom is -0.478 e. The molecule has 0 aromatic heterocycles. The van der Waals surface area contributed by atoms with E-state index < -0.39 is 22.0 Å². The van der Waals surface area contributed by atoms with E-state index in [4.69, 9.17) is 10.2 Å². The number of carbonyl (C=O) groups is 2. The summed E-state index contributed by atoms with van der Waals surface area (Å²) in [5, 5.41) is 20.0. The molecule has 0 saturated heterocycles. The molecular formula is C5H9NO6S. The zero-order valence-corrected chi connectivity index (χ0v) is 7.48. The molecule has 0 rings (SSSR count). The van der Waals surface area contributed by atoms with Crippen molar-refractivity contribution in [1.82, 2.24) is 0 Å². The molecular weight excluding hydrogens is 202 g/mol. The van der Waals surface area contributed by atoms with Crippen molar-refractivity contribution in [3.8, 4) is 0 Å². The first-order valence-corrected chi connectivity index (χ1v) is 4.70. The number of carboxylic acid groups (broad SMARTS) is 2. The number of carboxylic acids is 2. The number of rotatable bonds is 2.